The van der Waals surface area contributed by atoms with Crippen molar-refractivity contribution in [2.75, 3.05) is 18.0 Å². The molecule has 0 bridgehead atoms. The van der Waals surface area contributed by atoms with Crippen molar-refractivity contribution < 1.29 is 9.21 Å². The summed E-state index contributed by atoms with van der Waals surface area (Å²) < 4.78 is 5.86. The Kier molecular flexibility index (Phi) is 5.14. The van der Waals surface area contributed by atoms with Gasteiger partial charge in [0.1, 0.15) is 5.58 Å². The van der Waals surface area contributed by atoms with E-state index < -0.39 is 0 Å². The largest absolute Gasteiger partial charge is 0.451 e. The first kappa shape index (κ1) is 19.7. The second kappa shape index (κ2) is 8.10. The van der Waals surface area contributed by atoms with Crippen LogP contribution >= 0.6 is 0 Å². The zero-order valence-electron chi connectivity index (χ0n) is 18.1. The van der Waals surface area contributed by atoms with E-state index >= 15 is 0 Å². The molecule has 5 rings (SSSR count). The molecule has 1 amide bonds. The van der Waals surface area contributed by atoms with Gasteiger partial charge in [0.25, 0.3) is 5.91 Å². The van der Waals surface area contributed by atoms with Crippen molar-refractivity contribution in [2.24, 2.45) is 5.92 Å². The normalized spacial score (nSPS) is 17.7. The molecule has 4 nitrogen and oxygen atoms in total. The van der Waals surface area contributed by atoms with Crippen LogP contribution in [0.5, 0.6) is 0 Å². The Morgan fingerprint density at radius 3 is 2.68 bits per heavy atom. The van der Waals surface area contributed by atoms with Crippen LogP contribution in [-0.4, -0.2) is 19.0 Å². The molecule has 4 aromatic rings. The van der Waals surface area contributed by atoms with Gasteiger partial charge in [-0.25, -0.2) is 0 Å². The average Bonchev–Trinajstić information content (AvgIpc) is 3.24. The first-order chi connectivity index (χ1) is 15.1. The summed E-state index contributed by atoms with van der Waals surface area (Å²) >= 11 is 0. The van der Waals surface area contributed by atoms with Gasteiger partial charge in [-0.2, -0.15) is 0 Å². The molecule has 1 aliphatic rings. The predicted octanol–water partition coefficient (Wildman–Crippen LogP) is 6.31. The SMILES string of the molecule is C[C@H]1CCCN(c2ccc([C@@H](C)NC(=O)c3cc4c(ccc5ccccc54)o3)cc2)C1. The van der Waals surface area contributed by atoms with Crippen molar-refractivity contribution in [1.82, 2.24) is 5.32 Å². The maximum atomic E-state index is 12.9. The minimum atomic E-state index is -0.193. The lowest BCUT2D eigenvalue weighted by atomic mass is 9.99. The van der Waals surface area contributed by atoms with Crippen molar-refractivity contribution in [3.8, 4) is 0 Å². The number of rotatable bonds is 4. The highest BCUT2D eigenvalue weighted by Crippen LogP contribution is 2.29. The Morgan fingerprint density at radius 1 is 1.06 bits per heavy atom. The number of furan rings is 1. The van der Waals surface area contributed by atoms with E-state index in [1.807, 2.05) is 37.3 Å². The maximum absolute atomic E-state index is 12.9. The lowest BCUT2D eigenvalue weighted by Crippen LogP contribution is -2.34. The molecular weight excluding hydrogens is 384 g/mol. The molecule has 1 N–H and O–H groups in total. The smallest absolute Gasteiger partial charge is 0.287 e. The third kappa shape index (κ3) is 3.90. The number of carbonyl (C=O) groups is 1. The summed E-state index contributed by atoms with van der Waals surface area (Å²) in [6, 6.07) is 22.4. The molecule has 1 aliphatic heterocycles. The van der Waals surface area contributed by atoms with Crippen LogP contribution in [0.25, 0.3) is 21.7 Å². The number of hydrogen-bond acceptors (Lipinski definition) is 3. The quantitative estimate of drug-likeness (QED) is 0.427. The van der Waals surface area contributed by atoms with Gasteiger partial charge < -0.3 is 14.6 Å². The van der Waals surface area contributed by atoms with E-state index in [1.54, 1.807) is 0 Å². The zero-order valence-corrected chi connectivity index (χ0v) is 18.1. The Balaban J connectivity index is 1.31. The van der Waals surface area contributed by atoms with Gasteiger partial charge >= 0.3 is 0 Å². The van der Waals surface area contributed by atoms with E-state index in [4.69, 9.17) is 4.42 Å². The Bertz CT molecular complexity index is 1230. The fourth-order valence-corrected chi connectivity index (χ4v) is 4.65. The molecule has 3 aromatic carbocycles. The number of piperidine rings is 1. The summed E-state index contributed by atoms with van der Waals surface area (Å²) in [6.45, 7) is 6.57. The minimum absolute atomic E-state index is 0.105. The lowest BCUT2D eigenvalue weighted by molar-refractivity contribution is 0.0914. The van der Waals surface area contributed by atoms with Gasteiger partial charge in [-0.15, -0.1) is 0 Å². The average molecular weight is 413 g/mol. The Labute approximate surface area is 182 Å². The van der Waals surface area contributed by atoms with Crippen molar-refractivity contribution in [2.45, 2.75) is 32.7 Å². The van der Waals surface area contributed by atoms with E-state index in [0.717, 1.165) is 46.3 Å². The van der Waals surface area contributed by atoms with Crippen LogP contribution in [0.1, 0.15) is 48.8 Å². The number of nitrogens with one attached hydrogen (secondary N) is 1. The molecule has 1 aromatic heterocycles. The van der Waals surface area contributed by atoms with Gasteiger partial charge in [-0.3, -0.25) is 4.79 Å². The Morgan fingerprint density at radius 2 is 1.87 bits per heavy atom. The van der Waals surface area contributed by atoms with Gasteiger partial charge in [0, 0.05) is 24.2 Å². The van der Waals surface area contributed by atoms with Crippen LogP contribution in [0.2, 0.25) is 0 Å². The van der Waals surface area contributed by atoms with E-state index in [1.165, 1.54) is 18.5 Å². The summed E-state index contributed by atoms with van der Waals surface area (Å²) in [7, 11) is 0. The summed E-state index contributed by atoms with van der Waals surface area (Å²) in [5, 5.41) is 6.28. The molecule has 31 heavy (non-hydrogen) atoms. The number of fused-ring (bicyclic) bond motifs is 3. The van der Waals surface area contributed by atoms with E-state index in [2.05, 4.69) is 53.5 Å². The molecule has 1 saturated heterocycles. The van der Waals surface area contributed by atoms with Crippen molar-refractivity contribution in [3.63, 3.8) is 0 Å². The summed E-state index contributed by atoms with van der Waals surface area (Å²) in [4.78, 5) is 15.3. The summed E-state index contributed by atoms with van der Waals surface area (Å²) in [5.74, 6) is 0.895. The number of amides is 1. The predicted molar refractivity (Wildman–Crippen MR) is 127 cm³/mol. The molecule has 2 heterocycles. The topological polar surface area (TPSA) is 45.5 Å². The van der Waals surface area contributed by atoms with Crippen LogP contribution < -0.4 is 10.2 Å². The molecule has 4 heteroatoms. The van der Waals surface area contributed by atoms with Gasteiger partial charge in [-0.1, -0.05) is 49.4 Å². The first-order valence-corrected chi connectivity index (χ1v) is 11.2. The monoisotopic (exact) mass is 412 g/mol. The van der Waals surface area contributed by atoms with Crippen LogP contribution in [0.3, 0.4) is 0 Å². The van der Waals surface area contributed by atoms with Crippen LogP contribution in [0.4, 0.5) is 5.69 Å². The maximum Gasteiger partial charge on any atom is 0.287 e. The number of nitrogens with zero attached hydrogens (tertiary/aromatic N) is 1. The first-order valence-electron chi connectivity index (χ1n) is 11.2. The molecule has 0 saturated carbocycles. The van der Waals surface area contributed by atoms with Crippen molar-refractivity contribution in [1.29, 1.82) is 0 Å². The van der Waals surface area contributed by atoms with Crippen LogP contribution in [0, 0.1) is 5.92 Å². The molecule has 1 fully saturated rings. The number of carbonyl (C=O) groups excluding carboxylic acids is 1. The number of hydrogen-bond donors (Lipinski definition) is 1. The summed E-state index contributed by atoms with van der Waals surface area (Å²) in [6.07, 6.45) is 2.57. The Hall–Kier alpha value is -3.27. The highest BCUT2D eigenvalue weighted by atomic mass is 16.3. The molecule has 158 valence electrons. The van der Waals surface area contributed by atoms with Gasteiger partial charge in [-0.05, 0) is 66.3 Å². The van der Waals surface area contributed by atoms with Gasteiger partial charge in [0.2, 0.25) is 0 Å². The number of benzene rings is 3. The van der Waals surface area contributed by atoms with Gasteiger partial charge in [0.15, 0.2) is 5.76 Å². The minimum Gasteiger partial charge on any atom is -0.451 e. The van der Waals surface area contributed by atoms with E-state index in [9.17, 15) is 4.79 Å². The van der Waals surface area contributed by atoms with Crippen LogP contribution in [-0.2, 0) is 0 Å². The standard InChI is InChI=1S/C27H28N2O2/c1-18-6-5-15-29(17-18)22-12-9-20(10-13-22)19(2)28-27(30)26-16-24-23-8-4-3-7-21(23)11-14-25(24)31-26/h3-4,7-14,16,18-19H,5-6,15,17H2,1-2H3,(H,28,30)/t18-,19+/m0/s1. The lowest BCUT2D eigenvalue weighted by Gasteiger charge is -2.33. The number of anilines is 1. The highest BCUT2D eigenvalue weighted by Gasteiger charge is 2.19. The van der Waals surface area contributed by atoms with Gasteiger partial charge in [0.05, 0.1) is 6.04 Å². The second-order valence-corrected chi connectivity index (χ2v) is 8.79. The molecule has 0 spiro atoms. The highest BCUT2D eigenvalue weighted by molar-refractivity contribution is 6.08. The summed E-state index contributed by atoms with van der Waals surface area (Å²) in [5.41, 5.74) is 3.08. The van der Waals surface area contributed by atoms with Crippen LogP contribution in [0.15, 0.2) is 71.1 Å². The van der Waals surface area contributed by atoms with Crippen molar-refractivity contribution >= 4 is 33.3 Å². The third-order valence-corrected chi connectivity index (χ3v) is 6.41. The van der Waals surface area contributed by atoms with Crippen molar-refractivity contribution in [3.05, 3.63) is 78.1 Å². The molecular formula is C27H28N2O2. The molecule has 0 radical (unpaired) electrons. The zero-order chi connectivity index (χ0) is 21.4. The fourth-order valence-electron chi connectivity index (χ4n) is 4.65. The van der Waals surface area contributed by atoms with E-state index in [0.29, 0.717) is 5.76 Å². The molecule has 2 atom stereocenters. The molecule has 0 unspecified atom stereocenters. The molecule has 0 aliphatic carbocycles. The third-order valence-electron chi connectivity index (χ3n) is 6.41. The fraction of sp³-hybridized carbons (Fsp3) is 0.296. The van der Waals surface area contributed by atoms with E-state index in [-0.39, 0.29) is 11.9 Å². The second-order valence-electron chi connectivity index (χ2n) is 8.79.